The van der Waals surface area contributed by atoms with Gasteiger partial charge in [-0.3, -0.25) is 4.90 Å². The van der Waals surface area contributed by atoms with Crippen LogP contribution in [-0.2, 0) is 0 Å². The average Bonchev–Trinajstić information content (AvgIpc) is 2.75. The van der Waals surface area contributed by atoms with Crippen molar-refractivity contribution in [2.45, 2.75) is 18.9 Å². The van der Waals surface area contributed by atoms with Gasteiger partial charge in [-0.15, -0.1) is 11.6 Å². The van der Waals surface area contributed by atoms with E-state index in [1.807, 2.05) is 18.2 Å². The van der Waals surface area contributed by atoms with Crippen LogP contribution in [0.3, 0.4) is 0 Å². The fourth-order valence-corrected chi connectivity index (χ4v) is 2.80. The SMILES string of the molecule is ClCC(c1ccccc1Cl)N1CCCC1. The van der Waals surface area contributed by atoms with Crippen molar-refractivity contribution in [3.05, 3.63) is 34.9 Å². The molecule has 1 unspecified atom stereocenters. The maximum absolute atomic E-state index is 6.19. The second kappa shape index (κ2) is 5.20. The summed E-state index contributed by atoms with van der Waals surface area (Å²) in [5.41, 5.74) is 1.16. The molecular weight excluding hydrogens is 229 g/mol. The molecule has 1 saturated heterocycles. The van der Waals surface area contributed by atoms with Gasteiger partial charge in [0.25, 0.3) is 0 Å². The van der Waals surface area contributed by atoms with Gasteiger partial charge in [-0.05, 0) is 37.6 Å². The molecule has 15 heavy (non-hydrogen) atoms. The first kappa shape index (κ1) is 11.3. The summed E-state index contributed by atoms with van der Waals surface area (Å²) in [6.45, 7) is 2.28. The molecular formula is C12H15Cl2N. The summed E-state index contributed by atoms with van der Waals surface area (Å²) in [5.74, 6) is 0.615. The van der Waals surface area contributed by atoms with Crippen LogP contribution in [0, 0.1) is 0 Å². The summed E-state index contributed by atoms with van der Waals surface area (Å²) in [7, 11) is 0. The van der Waals surface area contributed by atoms with E-state index in [2.05, 4.69) is 11.0 Å². The molecule has 1 fully saturated rings. The Hall–Kier alpha value is -0.240. The minimum atomic E-state index is 0.280. The van der Waals surface area contributed by atoms with Gasteiger partial charge in [-0.25, -0.2) is 0 Å². The van der Waals surface area contributed by atoms with Gasteiger partial charge in [-0.1, -0.05) is 29.8 Å². The molecule has 3 heteroatoms. The number of nitrogens with zero attached hydrogens (tertiary/aromatic N) is 1. The fraction of sp³-hybridized carbons (Fsp3) is 0.500. The van der Waals surface area contributed by atoms with E-state index in [0.29, 0.717) is 5.88 Å². The molecule has 0 bridgehead atoms. The molecule has 0 saturated carbocycles. The van der Waals surface area contributed by atoms with Gasteiger partial charge in [0.05, 0.1) is 0 Å². The standard InChI is InChI=1S/C12H15Cl2N/c13-9-12(15-7-3-4-8-15)10-5-1-2-6-11(10)14/h1-2,5-6,12H,3-4,7-9H2. The van der Waals surface area contributed by atoms with Gasteiger partial charge in [0, 0.05) is 16.9 Å². The minimum absolute atomic E-state index is 0.280. The Morgan fingerprint density at radius 3 is 2.47 bits per heavy atom. The zero-order chi connectivity index (χ0) is 10.7. The molecule has 0 N–H and O–H groups in total. The minimum Gasteiger partial charge on any atom is -0.295 e. The number of hydrogen-bond donors (Lipinski definition) is 0. The predicted molar refractivity (Wildman–Crippen MR) is 65.7 cm³/mol. The van der Waals surface area contributed by atoms with Crippen LogP contribution in [0.5, 0.6) is 0 Å². The molecule has 1 aromatic rings. The summed E-state index contributed by atoms with van der Waals surface area (Å²) in [5, 5.41) is 0.829. The van der Waals surface area contributed by atoms with Crippen molar-refractivity contribution < 1.29 is 0 Å². The van der Waals surface area contributed by atoms with Gasteiger partial charge in [-0.2, -0.15) is 0 Å². The highest BCUT2D eigenvalue weighted by Crippen LogP contribution is 2.30. The van der Waals surface area contributed by atoms with Crippen molar-refractivity contribution in [3.8, 4) is 0 Å². The third kappa shape index (κ3) is 2.47. The van der Waals surface area contributed by atoms with Gasteiger partial charge in [0.1, 0.15) is 0 Å². The summed E-state index contributed by atoms with van der Waals surface area (Å²) in [6.07, 6.45) is 2.55. The Kier molecular flexibility index (Phi) is 3.90. The van der Waals surface area contributed by atoms with Gasteiger partial charge in [0.15, 0.2) is 0 Å². The number of hydrogen-bond acceptors (Lipinski definition) is 1. The van der Waals surface area contributed by atoms with Crippen LogP contribution in [-0.4, -0.2) is 23.9 Å². The second-order valence-corrected chi connectivity index (χ2v) is 4.65. The molecule has 1 aliphatic rings. The fourth-order valence-electron chi connectivity index (χ4n) is 2.18. The normalized spacial score (nSPS) is 19.3. The smallest absolute Gasteiger partial charge is 0.0498 e. The van der Waals surface area contributed by atoms with E-state index >= 15 is 0 Å². The molecule has 1 nitrogen and oxygen atoms in total. The van der Waals surface area contributed by atoms with Gasteiger partial charge >= 0.3 is 0 Å². The Morgan fingerprint density at radius 1 is 1.20 bits per heavy atom. The van der Waals surface area contributed by atoms with Crippen LogP contribution in [0.2, 0.25) is 5.02 Å². The van der Waals surface area contributed by atoms with Crippen molar-refractivity contribution in [2.75, 3.05) is 19.0 Å². The van der Waals surface area contributed by atoms with Crippen molar-refractivity contribution in [3.63, 3.8) is 0 Å². The molecule has 0 spiro atoms. The van der Waals surface area contributed by atoms with Crippen LogP contribution in [0.15, 0.2) is 24.3 Å². The predicted octanol–water partition coefficient (Wildman–Crippen LogP) is 3.72. The molecule has 0 aliphatic carbocycles. The van der Waals surface area contributed by atoms with Crippen LogP contribution < -0.4 is 0 Å². The topological polar surface area (TPSA) is 3.24 Å². The van der Waals surface area contributed by atoms with E-state index in [-0.39, 0.29) is 6.04 Å². The molecule has 0 radical (unpaired) electrons. The van der Waals surface area contributed by atoms with E-state index in [4.69, 9.17) is 23.2 Å². The Bertz CT molecular complexity index is 321. The lowest BCUT2D eigenvalue weighted by Gasteiger charge is -2.26. The van der Waals surface area contributed by atoms with E-state index in [9.17, 15) is 0 Å². The lowest BCUT2D eigenvalue weighted by atomic mass is 10.1. The molecule has 82 valence electrons. The van der Waals surface area contributed by atoms with E-state index < -0.39 is 0 Å². The van der Waals surface area contributed by atoms with E-state index in [0.717, 1.165) is 23.7 Å². The maximum Gasteiger partial charge on any atom is 0.0498 e. The first-order valence-electron chi connectivity index (χ1n) is 5.37. The van der Waals surface area contributed by atoms with Crippen molar-refractivity contribution >= 4 is 23.2 Å². The Balaban J connectivity index is 2.22. The number of rotatable bonds is 3. The first-order chi connectivity index (χ1) is 7.33. The van der Waals surface area contributed by atoms with Gasteiger partial charge in [0.2, 0.25) is 0 Å². The molecule has 1 heterocycles. The Labute approximate surface area is 101 Å². The van der Waals surface area contributed by atoms with Crippen molar-refractivity contribution in [1.82, 2.24) is 4.90 Å². The molecule has 1 aliphatic heterocycles. The third-order valence-corrected chi connectivity index (χ3v) is 3.63. The lowest BCUT2D eigenvalue weighted by Crippen LogP contribution is -2.27. The largest absolute Gasteiger partial charge is 0.295 e. The summed E-state index contributed by atoms with van der Waals surface area (Å²) >= 11 is 12.2. The number of likely N-dealkylation sites (tertiary alicyclic amines) is 1. The third-order valence-electron chi connectivity index (χ3n) is 2.99. The van der Waals surface area contributed by atoms with E-state index in [1.165, 1.54) is 12.8 Å². The number of benzene rings is 1. The van der Waals surface area contributed by atoms with Crippen LogP contribution >= 0.6 is 23.2 Å². The molecule has 0 aromatic heterocycles. The molecule has 0 amide bonds. The molecule has 2 rings (SSSR count). The lowest BCUT2D eigenvalue weighted by molar-refractivity contribution is 0.266. The van der Waals surface area contributed by atoms with Crippen LogP contribution in [0.25, 0.3) is 0 Å². The summed E-state index contributed by atoms with van der Waals surface area (Å²) in [6, 6.07) is 8.28. The summed E-state index contributed by atoms with van der Waals surface area (Å²) < 4.78 is 0. The quantitative estimate of drug-likeness (QED) is 0.732. The first-order valence-corrected chi connectivity index (χ1v) is 6.28. The highest BCUT2D eigenvalue weighted by molar-refractivity contribution is 6.31. The Morgan fingerprint density at radius 2 is 1.87 bits per heavy atom. The highest BCUT2D eigenvalue weighted by atomic mass is 35.5. The zero-order valence-corrected chi connectivity index (χ0v) is 10.1. The summed E-state index contributed by atoms with van der Waals surface area (Å²) in [4.78, 5) is 2.42. The van der Waals surface area contributed by atoms with Crippen molar-refractivity contribution in [2.24, 2.45) is 0 Å². The zero-order valence-electron chi connectivity index (χ0n) is 8.63. The monoisotopic (exact) mass is 243 g/mol. The maximum atomic E-state index is 6.19. The number of alkyl halides is 1. The van der Waals surface area contributed by atoms with Crippen LogP contribution in [0.4, 0.5) is 0 Å². The van der Waals surface area contributed by atoms with Crippen LogP contribution in [0.1, 0.15) is 24.4 Å². The highest BCUT2D eigenvalue weighted by Gasteiger charge is 2.23. The van der Waals surface area contributed by atoms with Crippen molar-refractivity contribution in [1.29, 1.82) is 0 Å². The second-order valence-electron chi connectivity index (χ2n) is 3.93. The molecule has 1 atom stereocenters. The van der Waals surface area contributed by atoms with Gasteiger partial charge < -0.3 is 0 Å². The van der Waals surface area contributed by atoms with E-state index in [1.54, 1.807) is 0 Å². The molecule has 1 aromatic carbocycles. The average molecular weight is 244 g/mol. The number of halogens is 2.